The number of benzene rings is 1. The van der Waals surface area contributed by atoms with Crippen molar-refractivity contribution in [3.63, 3.8) is 0 Å². The minimum absolute atomic E-state index is 0.0750. The average molecular weight is 284 g/mol. The number of unbranched alkanes of at least 4 members (excludes halogenated alkanes) is 2. The molecule has 0 amide bonds. The highest BCUT2D eigenvalue weighted by Gasteiger charge is 2.20. The van der Waals surface area contributed by atoms with E-state index in [0.29, 0.717) is 18.7 Å². The van der Waals surface area contributed by atoms with Crippen LogP contribution in [-0.2, 0) is 6.54 Å². The zero-order valence-electron chi connectivity index (χ0n) is 13.0. The summed E-state index contributed by atoms with van der Waals surface area (Å²) in [6.45, 7) is 7.20. The molecule has 1 aromatic rings. The molecule has 0 bridgehead atoms. The van der Waals surface area contributed by atoms with Crippen LogP contribution in [0.15, 0.2) is 12.1 Å². The Morgan fingerprint density at radius 2 is 1.75 bits per heavy atom. The van der Waals surface area contributed by atoms with Crippen molar-refractivity contribution < 1.29 is 8.78 Å². The molecule has 0 fully saturated rings. The molecule has 0 heterocycles. The Morgan fingerprint density at radius 1 is 1.15 bits per heavy atom. The summed E-state index contributed by atoms with van der Waals surface area (Å²) in [4.78, 5) is 1.82. The largest absolute Gasteiger partial charge is 0.364 e. The Balaban J connectivity index is 3.00. The van der Waals surface area contributed by atoms with Gasteiger partial charge in [0.25, 0.3) is 0 Å². The number of hydrogen-bond donors (Lipinski definition) is 1. The van der Waals surface area contributed by atoms with Crippen LogP contribution in [-0.4, -0.2) is 19.6 Å². The summed E-state index contributed by atoms with van der Waals surface area (Å²) in [5, 5.41) is 2.90. The number of rotatable bonds is 8. The van der Waals surface area contributed by atoms with E-state index in [4.69, 9.17) is 0 Å². The van der Waals surface area contributed by atoms with E-state index >= 15 is 0 Å². The minimum Gasteiger partial charge on any atom is -0.364 e. The molecule has 0 aliphatic carbocycles. The molecule has 0 spiro atoms. The predicted octanol–water partition coefficient (Wildman–Crippen LogP) is 4.09. The van der Waals surface area contributed by atoms with Crippen LogP contribution >= 0.6 is 0 Å². The van der Waals surface area contributed by atoms with Gasteiger partial charge in [0, 0.05) is 19.1 Å². The smallest absolute Gasteiger partial charge is 0.149 e. The van der Waals surface area contributed by atoms with Crippen LogP contribution in [0.4, 0.5) is 14.5 Å². The Labute approximate surface area is 121 Å². The number of nitrogens with one attached hydrogen (secondary N) is 1. The summed E-state index contributed by atoms with van der Waals surface area (Å²) in [5.74, 6) is -0.944. The molecule has 0 aliphatic heterocycles. The molecule has 0 unspecified atom stereocenters. The summed E-state index contributed by atoms with van der Waals surface area (Å²) in [6.07, 6.45) is 3.12. The third-order valence-electron chi connectivity index (χ3n) is 3.37. The van der Waals surface area contributed by atoms with E-state index < -0.39 is 11.6 Å². The lowest BCUT2D eigenvalue weighted by Gasteiger charge is -2.30. The predicted molar refractivity (Wildman–Crippen MR) is 81.1 cm³/mol. The van der Waals surface area contributed by atoms with E-state index in [0.717, 1.165) is 19.3 Å². The lowest BCUT2D eigenvalue weighted by Crippen LogP contribution is -2.33. The standard InChI is InChI=1S/C16H26F2N2/c1-5-6-7-8-20(12(2)3)16-14(17)9-13(11-19-4)10-15(16)18/h9-10,12,19H,5-8,11H2,1-4H3. The first-order valence-corrected chi connectivity index (χ1v) is 7.40. The lowest BCUT2D eigenvalue weighted by molar-refractivity contribution is 0.542. The second-order valence-electron chi connectivity index (χ2n) is 5.43. The van der Waals surface area contributed by atoms with Gasteiger partial charge in [-0.3, -0.25) is 0 Å². The third kappa shape index (κ3) is 4.44. The van der Waals surface area contributed by atoms with E-state index in [1.807, 2.05) is 18.7 Å². The van der Waals surface area contributed by atoms with Crippen molar-refractivity contribution in [1.82, 2.24) is 5.32 Å². The van der Waals surface area contributed by atoms with Gasteiger partial charge in [0.05, 0.1) is 0 Å². The molecule has 1 aromatic carbocycles. The van der Waals surface area contributed by atoms with Gasteiger partial charge < -0.3 is 10.2 Å². The Hall–Kier alpha value is -1.16. The van der Waals surface area contributed by atoms with E-state index in [-0.39, 0.29) is 11.7 Å². The molecule has 0 atom stereocenters. The summed E-state index contributed by atoms with van der Waals surface area (Å²) in [6, 6.07) is 2.92. The van der Waals surface area contributed by atoms with Gasteiger partial charge in [-0.2, -0.15) is 0 Å². The normalized spacial score (nSPS) is 11.2. The summed E-state index contributed by atoms with van der Waals surface area (Å²) in [7, 11) is 1.76. The highest BCUT2D eigenvalue weighted by atomic mass is 19.1. The van der Waals surface area contributed by atoms with Gasteiger partial charge >= 0.3 is 0 Å². The zero-order chi connectivity index (χ0) is 15.1. The van der Waals surface area contributed by atoms with Crippen LogP contribution in [0, 0.1) is 11.6 Å². The molecule has 1 N–H and O–H groups in total. The van der Waals surface area contributed by atoms with Crippen molar-refractivity contribution in [2.45, 2.75) is 52.6 Å². The van der Waals surface area contributed by atoms with Crippen LogP contribution < -0.4 is 10.2 Å². The van der Waals surface area contributed by atoms with Crippen LogP contribution in [0.25, 0.3) is 0 Å². The van der Waals surface area contributed by atoms with Gasteiger partial charge in [0.1, 0.15) is 17.3 Å². The zero-order valence-corrected chi connectivity index (χ0v) is 13.0. The molecule has 0 saturated heterocycles. The minimum atomic E-state index is -0.472. The monoisotopic (exact) mass is 284 g/mol. The Kier molecular flexibility index (Phi) is 6.93. The maximum Gasteiger partial charge on any atom is 0.149 e. The van der Waals surface area contributed by atoms with E-state index in [1.54, 1.807) is 7.05 Å². The highest BCUT2D eigenvalue weighted by Crippen LogP contribution is 2.27. The Morgan fingerprint density at radius 3 is 2.20 bits per heavy atom. The number of hydrogen-bond acceptors (Lipinski definition) is 2. The van der Waals surface area contributed by atoms with E-state index in [9.17, 15) is 8.78 Å². The first kappa shape index (κ1) is 16.9. The second kappa shape index (κ2) is 8.20. The van der Waals surface area contributed by atoms with Crippen molar-refractivity contribution in [1.29, 1.82) is 0 Å². The topological polar surface area (TPSA) is 15.3 Å². The maximum atomic E-state index is 14.2. The van der Waals surface area contributed by atoms with Gasteiger partial charge in [0.2, 0.25) is 0 Å². The van der Waals surface area contributed by atoms with Crippen LogP contribution in [0.1, 0.15) is 45.6 Å². The first-order chi connectivity index (χ1) is 9.51. The molecule has 0 radical (unpaired) electrons. The molecule has 0 aliphatic rings. The lowest BCUT2D eigenvalue weighted by atomic mass is 10.1. The Bertz CT molecular complexity index is 396. The van der Waals surface area contributed by atoms with E-state index in [1.165, 1.54) is 12.1 Å². The van der Waals surface area contributed by atoms with Crippen molar-refractivity contribution in [2.24, 2.45) is 0 Å². The van der Waals surface area contributed by atoms with Gasteiger partial charge in [-0.15, -0.1) is 0 Å². The second-order valence-corrected chi connectivity index (χ2v) is 5.43. The van der Waals surface area contributed by atoms with Gasteiger partial charge in [-0.1, -0.05) is 19.8 Å². The maximum absolute atomic E-state index is 14.2. The molecular weight excluding hydrogens is 258 g/mol. The molecular formula is C16H26F2N2. The first-order valence-electron chi connectivity index (χ1n) is 7.40. The molecule has 4 heteroatoms. The average Bonchev–Trinajstić information content (AvgIpc) is 2.36. The summed E-state index contributed by atoms with van der Waals surface area (Å²) >= 11 is 0. The highest BCUT2D eigenvalue weighted by molar-refractivity contribution is 5.51. The van der Waals surface area contributed by atoms with Crippen molar-refractivity contribution in [2.75, 3.05) is 18.5 Å². The van der Waals surface area contributed by atoms with Crippen LogP contribution in [0.5, 0.6) is 0 Å². The molecule has 0 saturated carbocycles. The molecule has 20 heavy (non-hydrogen) atoms. The summed E-state index contributed by atoms with van der Waals surface area (Å²) in [5.41, 5.74) is 0.736. The van der Waals surface area contributed by atoms with Crippen molar-refractivity contribution in [3.05, 3.63) is 29.3 Å². The molecule has 1 rings (SSSR count). The van der Waals surface area contributed by atoms with Gasteiger partial charge in [-0.05, 0) is 45.0 Å². The summed E-state index contributed by atoms with van der Waals surface area (Å²) < 4.78 is 28.5. The van der Waals surface area contributed by atoms with Gasteiger partial charge in [0.15, 0.2) is 0 Å². The molecule has 0 aromatic heterocycles. The number of halogens is 2. The number of nitrogens with zero attached hydrogens (tertiary/aromatic N) is 1. The van der Waals surface area contributed by atoms with E-state index in [2.05, 4.69) is 12.2 Å². The van der Waals surface area contributed by atoms with Crippen molar-refractivity contribution >= 4 is 5.69 Å². The fraction of sp³-hybridized carbons (Fsp3) is 0.625. The fourth-order valence-corrected chi connectivity index (χ4v) is 2.36. The molecule has 114 valence electrons. The third-order valence-corrected chi connectivity index (χ3v) is 3.37. The van der Waals surface area contributed by atoms with Gasteiger partial charge in [-0.25, -0.2) is 8.78 Å². The number of anilines is 1. The van der Waals surface area contributed by atoms with Crippen LogP contribution in [0.2, 0.25) is 0 Å². The fourth-order valence-electron chi connectivity index (χ4n) is 2.36. The van der Waals surface area contributed by atoms with Crippen molar-refractivity contribution in [3.8, 4) is 0 Å². The molecule has 2 nitrogen and oxygen atoms in total. The quantitative estimate of drug-likeness (QED) is 0.723. The van der Waals surface area contributed by atoms with Crippen LogP contribution in [0.3, 0.4) is 0 Å². The SMILES string of the molecule is CCCCCN(c1c(F)cc(CNC)cc1F)C(C)C.